The Labute approximate surface area is 133 Å². The van der Waals surface area contributed by atoms with E-state index in [1.165, 1.54) is 0 Å². The lowest BCUT2D eigenvalue weighted by Crippen LogP contribution is -2.29. The average Bonchev–Trinajstić information content (AvgIpc) is 2.37. The summed E-state index contributed by atoms with van der Waals surface area (Å²) in [5, 5.41) is 0. The van der Waals surface area contributed by atoms with Gasteiger partial charge in [-0.15, -0.1) is 0 Å². The van der Waals surface area contributed by atoms with Crippen LogP contribution in [-0.4, -0.2) is 24.0 Å². The zero-order chi connectivity index (χ0) is 14.3. The lowest BCUT2D eigenvalue weighted by Gasteiger charge is -2.31. The number of fused-ring (bicyclic) bond motifs is 1. The minimum absolute atomic E-state index is 0.0362. The van der Waals surface area contributed by atoms with Gasteiger partial charge in [-0.2, -0.15) is 0 Å². The van der Waals surface area contributed by atoms with Gasteiger partial charge >= 0.3 is 0 Å². The predicted molar refractivity (Wildman–Crippen MR) is 86.2 cm³/mol. The molecular formula is C16H20INO2. The van der Waals surface area contributed by atoms with Crippen molar-refractivity contribution in [3.8, 4) is 0 Å². The smallest absolute Gasteiger partial charge is 0.166 e. The first-order valence-electron chi connectivity index (χ1n) is 7.26. The lowest BCUT2D eigenvalue weighted by molar-refractivity contribution is 0.0840. The van der Waals surface area contributed by atoms with Gasteiger partial charge in [0.25, 0.3) is 0 Å². The van der Waals surface area contributed by atoms with Gasteiger partial charge in [-0.1, -0.05) is 13.8 Å². The normalized spacial score (nSPS) is 22.6. The summed E-state index contributed by atoms with van der Waals surface area (Å²) in [5.41, 5.74) is 3.08. The number of ketones is 1. The van der Waals surface area contributed by atoms with Crippen LogP contribution in [0, 0.1) is 8.99 Å². The molecule has 2 aliphatic rings. The SMILES string of the molecule is CC1(C)CC(=O)c2c(I)cc(C3CCOCC3)nc2C1. The summed E-state index contributed by atoms with van der Waals surface area (Å²) >= 11 is 2.30. The summed E-state index contributed by atoms with van der Waals surface area (Å²) < 4.78 is 6.51. The van der Waals surface area contributed by atoms with E-state index < -0.39 is 0 Å². The minimum Gasteiger partial charge on any atom is -0.381 e. The third-order valence-electron chi connectivity index (χ3n) is 4.27. The van der Waals surface area contributed by atoms with E-state index >= 15 is 0 Å². The van der Waals surface area contributed by atoms with Crippen LogP contribution in [-0.2, 0) is 11.2 Å². The molecule has 1 aliphatic carbocycles. The summed E-state index contributed by atoms with van der Waals surface area (Å²) in [5.74, 6) is 0.745. The average molecular weight is 385 g/mol. The molecule has 0 spiro atoms. The Morgan fingerprint density at radius 3 is 2.70 bits per heavy atom. The third kappa shape index (κ3) is 2.77. The van der Waals surface area contributed by atoms with Crippen molar-refractivity contribution < 1.29 is 9.53 Å². The van der Waals surface area contributed by atoms with Crippen LogP contribution in [0.2, 0.25) is 0 Å². The fourth-order valence-electron chi connectivity index (χ4n) is 3.25. The van der Waals surface area contributed by atoms with E-state index in [1.54, 1.807) is 0 Å². The molecule has 20 heavy (non-hydrogen) atoms. The number of nitrogens with zero attached hydrogens (tertiary/aromatic N) is 1. The Hall–Kier alpha value is -0.490. The standard InChI is InChI=1S/C16H20INO2/c1-16(2)8-13-15(14(19)9-16)11(17)7-12(18-13)10-3-5-20-6-4-10/h7,10H,3-6,8-9H2,1-2H3. The molecule has 4 heteroatoms. The highest BCUT2D eigenvalue weighted by molar-refractivity contribution is 14.1. The number of rotatable bonds is 1. The molecule has 1 aromatic rings. The van der Waals surface area contributed by atoms with Crippen molar-refractivity contribution in [3.63, 3.8) is 0 Å². The van der Waals surface area contributed by atoms with Crippen LogP contribution in [0.4, 0.5) is 0 Å². The molecule has 2 heterocycles. The van der Waals surface area contributed by atoms with Gasteiger partial charge in [0.2, 0.25) is 0 Å². The number of hydrogen-bond donors (Lipinski definition) is 0. The molecule has 0 atom stereocenters. The molecule has 1 fully saturated rings. The number of Topliss-reactive ketones (excluding diaryl/α,β-unsaturated/α-hetero) is 1. The maximum atomic E-state index is 12.3. The summed E-state index contributed by atoms with van der Waals surface area (Å²) in [4.78, 5) is 17.2. The number of pyridine rings is 1. The Balaban J connectivity index is 2.00. The van der Waals surface area contributed by atoms with E-state index in [2.05, 4.69) is 42.5 Å². The van der Waals surface area contributed by atoms with Crippen LogP contribution in [0.5, 0.6) is 0 Å². The first kappa shape index (κ1) is 14.4. The number of carbonyl (C=O) groups is 1. The van der Waals surface area contributed by atoms with Crippen molar-refractivity contribution >= 4 is 28.4 Å². The topological polar surface area (TPSA) is 39.2 Å². The Bertz CT molecular complexity index is 548. The molecule has 0 N–H and O–H groups in total. The van der Waals surface area contributed by atoms with Crippen molar-refractivity contribution in [1.82, 2.24) is 4.98 Å². The minimum atomic E-state index is 0.0362. The molecule has 3 rings (SSSR count). The molecule has 0 aromatic carbocycles. The van der Waals surface area contributed by atoms with E-state index in [-0.39, 0.29) is 11.2 Å². The molecule has 3 nitrogen and oxygen atoms in total. The molecule has 0 unspecified atom stereocenters. The Kier molecular flexibility index (Phi) is 3.88. The van der Waals surface area contributed by atoms with Crippen molar-refractivity contribution in [2.24, 2.45) is 5.41 Å². The van der Waals surface area contributed by atoms with Crippen LogP contribution in [0.3, 0.4) is 0 Å². The highest BCUT2D eigenvalue weighted by atomic mass is 127. The fourth-order valence-corrected chi connectivity index (χ4v) is 4.18. The van der Waals surface area contributed by atoms with Crippen molar-refractivity contribution in [1.29, 1.82) is 0 Å². The Morgan fingerprint density at radius 2 is 2.00 bits per heavy atom. The number of ether oxygens (including phenoxy) is 1. The number of aromatic nitrogens is 1. The molecule has 0 saturated carbocycles. The second kappa shape index (κ2) is 5.37. The van der Waals surface area contributed by atoms with Gasteiger partial charge < -0.3 is 4.74 Å². The van der Waals surface area contributed by atoms with E-state index in [0.717, 1.165) is 53.0 Å². The maximum absolute atomic E-state index is 12.3. The van der Waals surface area contributed by atoms with Crippen LogP contribution >= 0.6 is 22.6 Å². The second-order valence-electron chi connectivity index (χ2n) is 6.68. The van der Waals surface area contributed by atoms with Crippen molar-refractivity contribution in [2.75, 3.05) is 13.2 Å². The molecule has 108 valence electrons. The zero-order valence-corrected chi connectivity index (χ0v) is 14.2. The van der Waals surface area contributed by atoms with Crippen LogP contribution in [0.15, 0.2) is 6.07 Å². The monoisotopic (exact) mass is 385 g/mol. The predicted octanol–water partition coefficient (Wildman–Crippen LogP) is 3.74. The van der Waals surface area contributed by atoms with E-state index in [4.69, 9.17) is 9.72 Å². The number of halogens is 1. The molecule has 1 saturated heterocycles. The largest absolute Gasteiger partial charge is 0.381 e. The molecule has 0 radical (unpaired) electrons. The molecule has 1 aliphatic heterocycles. The summed E-state index contributed by atoms with van der Waals surface area (Å²) in [6.07, 6.45) is 3.62. The van der Waals surface area contributed by atoms with E-state index in [0.29, 0.717) is 12.3 Å². The van der Waals surface area contributed by atoms with Crippen LogP contribution in [0.1, 0.15) is 60.8 Å². The van der Waals surface area contributed by atoms with E-state index in [9.17, 15) is 4.79 Å². The molecule has 0 bridgehead atoms. The van der Waals surface area contributed by atoms with E-state index in [1.807, 2.05) is 0 Å². The maximum Gasteiger partial charge on any atom is 0.166 e. The van der Waals surface area contributed by atoms with Crippen LogP contribution < -0.4 is 0 Å². The lowest BCUT2D eigenvalue weighted by atomic mass is 9.75. The van der Waals surface area contributed by atoms with Gasteiger partial charge in [-0.25, -0.2) is 0 Å². The third-order valence-corrected chi connectivity index (χ3v) is 5.12. The van der Waals surface area contributed by atoms with Gasteiger partial charge in [0.1, 0.15) is 0 Å². The first-order valence-corrected chi connectivity index (χ1v) is 8.34. The highest BCUT2D eigenvalue weighted by Crippen LogP contribution is 2.37. The first-order chi connectivity index (χ1) is 9.46. The van der Waals surface area contributed by atoms with Crippen LogP contribution in [0.25, 0.3) is 0 Å². The molecule has 1 aromatic heterocycles. The summed E-state index contributed by atoms with van der Waals surface area (Å²) in [6.45, 7) is 5.96. The highest BCUT2D eigenvalue weighted by Gasteiger charge is 2.34. The van der Waals surface area contributed by atoms with Gasteiger partial charge in [0, 0.05) is 34.8 Å². The number of hydrogen-bond acceptors (Lipinski definition) is 3. The fraction of sp³-hybridized carbons (Fsp3) is 0.625. The molecule has 0 amide bonds. The zero-order valence-electron chi connectivity index (χ0n) is 12.0. The quantitative estimate of drug-likeness (QED) is 0.692. The van der Waals surface area contributed by atoms with Gasteiger partial charge in [-0.3, -0.25) is 9.78 Å². The van der Waals surface area contributed by atoms with Crippen molar-refractivity contribution in [3.05, 3.63) is 26.6 Å². The van der Waals surface area contributed by atoms with Gasteiger partial charge in [0.05, 0.1) is 11.3 Å². The summed E-state index contributed by atoms with van der Waals surface area (Å²) in [7, 11) is 0. The second-order valence-corrected chi connectivity index (χ2v) is 7.84. The van der Waals surface area contributed by atoms with Crippen molar-refractivity contribution in [2.45, 2.75) is 45.4 Å². The summed E-state index contributed by atoms with van der Waals surface area (Å²) in [6, 6.07) is 2.12. The number of carbonyl (C=O) groups excluding carboxylic acids is 1. The Morgan fingerprint density at radius 1 is 1.30 bits per heavy atom. The molecular weight excluding hydrogens is 365 g/mol. The van der Waals surface area contributed by atoms with Gasteiger partial charge in [0.15, 0.2) is 5.78 Å². The van der Waals surface area contributed by atoms with Gasteiger partial charge in [-0.05, 0) is 53.3 Å².